The molecule has 8 nitrogen and oxygen atoms in total. The summed E-state index contributed by atoms with van der Waals surface area (Å²) in [5.74, 6) is -0.633. The summed E-state index contributed by atoms with van der Waals surface area (Å²) < 4.78 is 26.3. The van der Waals surface area contributed by atoms with Crippen LogP contribution in [0.2, 0.25) is 78.6 Å². The highest BCUT2D eigenvalue weighted by Crippen LogP contribution is 2.28. The lowest BCUT2D eigenvalue weighted by atomic mass is 10.0. The molecule has 0 bridgehead atoms. The first-order valence-corrected chi connectivity index (χ1v) is 26.2. The third kappa shape index (κ3) is 15.4. The highest BCUT2D eigenvalue weighted by Gasteiger charge is 2.49. The number of hydrogen-bond donors (Lipinski definition) is 2. The largest absolute Gasteiger partial charge is 0.409 e. The SMILES string of the molecule is C=CCNC(=O)[C@@H](O[Si](C)(C)C)[C@H](O[Si](C)(C)C)[C@H](O[Si](C)(C)C)[C@@H](O[Si](C)(C)C)C(=O)NCC=C. The van der Waals surface area contributed by atoms with Gasteiger partial charge < -0.3 is 28.3 Å². The molecular formula is C24H52N2O6Si4. The van der Waals surface area contributed by atoms with Crippen molar-refractivity contribution in [1.29, 1.82) is 0 Å². The molecular weight excluding hydrogens is 525 g/mol. The fourth-order valence-corrected chi connectivity index (χ4v) is 7.42. The van der Waals surface area contributed by atoms with Crippen molar-refractivity contribution in [3.8, 4) is 0 Å². The van der Waals surface area contributed by atoms with Crippen LogP contribution in [0.25, 0.3) is 0 Å². The zero-order valence-electron chi connectivity index (χ0n) is 24.7. The van der Waals surface area contributed by atoms with Gasteiger partial charge in [0.15, 0.2) is 45.5 Å². The molecule has 2 N–H and O–H groups in total. The van der Waals surface area contributed by atoms with Gasteiger partial charge in [-0.1, -0.05) is 12.2 Å². The first-order valence-electron chi connectivity index (χ1n) is 12.6. The van der Waals surface area contributed by atoms with Crippen LogP contribution in [0.1, 0.15) is 0 Å². The molecule has 4 atom stereocenters. The second kappa shape index (κ2) is 14.3. The monoisotopic (exact) mass is 576 g/mol. The van der Waals surface area contributed by atoms with Crippen molar-refractivity contribution in [2.24, 2.45) is 0 Å². The lowest BCUT2D eigenvalue weighted by Crippen LogP contribution is -2.63. The Kier molecular flexibility index (Phi) is 14.0. The van der Waals surface area contributed by atoms with Crippen LogP contribution >= 0.6 is 0 Å². The van der Waals surface area contributed by atoms with Crippen molar-refractivity contribution in [2.75, 3.05) is 13.1 Å². The van der Waals surface area contributed by atoms with Gasteiger partial charge in [-0.05, 0) is 78.6 Å². The van der Waals surface area contributed by atoms with Gasteiger partial charge in [0, 0.05) is 13.1 Å². The van der Waals surface area contributed by atoms with Crippen LogP contribution in [0, 0.1) is 0 Å². The van der Waals surface area contributed by atoms with Crippen LogP contribution < -0.4 is 10.6 Å². The van der Waals surface area contributed by atoms with E-state index in [0.29, 0.717) is 0 Å². The molecule has 0 aliphatic rings. The van der Waals surface area contributed by atoms with Crippen molar-refractivity contribution in [3.63, 3.8) is 0 Å². The quantitative estimate of drug-likeness (QED) is 0.196. The maximum Gasteiger partial charge on any atom is 0.250 e. The van der Waals surface area contributed by atoms with Crippen LogP contribution in [-0.4, -0.2) is 82.6 Å². The minimum atomic E-state index is -2.26. The number of amides is 2. The van der Waals surface area contributed by atoms with E-state index in [1.807, 2.05) is 78.6 Å². The van der Waals surface area contributed by atoms with Crippen molar-refractivity contribution < 1.29 is 27.3 Å². The second-order valence-corrected chi connectivity index (χ2v) is 30.6. The van der Waals surface area contributed by atoms with Crippen molar-refractivity contribution in [1.82, 2.24) is 10.6 Å². The van der Waals surface area contributed by atoms with Crippen LogP contribution in [0.3, 0.4) is 0 Å². The zero-order chi connectivity index (χ0) is 28.5. The molecule has 0 aromatic carbocycles. The van der Waals surface area contributed by atoms with Gasteiger partial charge in [0.1, 0.15) is 12.2 Å². The average molecular weight is 577 g/mol. The molecule has 12 heteroatoms. The number of carbonyl (C=O) groups excluding carboxylic acids is 2. The van der Waals surface area contributed by atoms with E-state index < -0.39 is 57.7 Å². The molecule has 0 aliphatic heterocycles. The molecule has 0 spiro atoms. The highest BCUT2D eigenvalue weighted by molar-refractivity contribution is 6.71. The number of carbonyl (C=O) groups is 2. The molecule has 0 fully saturated rings. The standard InChI is InChI=1S/C24H52N2O6Si4/c1-15-17-25-23(27)21(31-35(9,10)11)19(29-33(3,4)5)20(30-34(6,7)8)22(32-36(12,13)14)24(28)26-18-16-2/h15-16,19-22H,1-2,17-18H2,3-14H3,(H,25,27)(H,26,28)/t19-,20+,21+,22-. The lowest BCUT2D eigenvalue weighted by molar-refractivity contribution is -0.148. The summed E-state index contributed by atoms with van der Waals surface area (Å²) >= 11 is 0. The Labute approximate surface area is 224 Å². The molecule has 0 saturated heterocycles. The first-order chi connectivity index (χ1) is 16.1. The van der Waals surface area contributed by atoms with E-state index in [1.54, 1.807) is 12.2 Å². The molecule has 2 amide bonds. The minimum Gasteiger partial charge on any atom is -0.409 e. The third-order valence-electron chi connectivity index (χ3n) is 4.22. The molecule has 0 aliphatic carbocycles. The topological polar surface area (TPSA) is 95.1 Å². The average Bonchev–Trinajstić information content (AvgIpc) is 2.66. The van der Waals surface area contributed by atoms with E-state index in [9.17, 15) is 9.59 Å². The summed E-state index contributed by atoms with van der Waals surface area (Å²) in [6.45, 7) is 32.4. The third-order valence-corrected chi connectivity index (χ3v) is 8.10. The number of nitrogens with one attached hydrogen (secondary N) is 2. The second-order valence-electron chi connectivity index (χ2n) is 12.8. The summed E-state index contributed by atoms with van der Waals surface area (Å²) in [6.07, 6.45) is -0.428. The van der Waals surface area contributed by atoms with E-state index in [2.05, 4.69) is 23.8 Å². The molecule has 36 heavy (non-hydrogen) atoms. The number of rotatable bonds is 17. The Balaban J connectivity index is 7.03. The summed E-state index contributed by atoms with van der Waals surface area (Å²) in [7, 11) is -8.99. The predicted octanol–water partition coefficient (Wildman–Crippen LogP) is 4.47. The molecule has 0 unspecified atom stereocenters. The molecule has 0 radical (unpaired) electrons. The summed E-state index contributed by atoms with van der Waals surface area (Å²) in [5, 5.41) is 5.75. The Morgan fingerprint density at radius 1 is 0.583 bits per heavy atom. The zero-order valence-corrected chi connectivity index (χ0v) is 28.7. The van der Waals surface area contributed by atoms with Gasteiger partial charge in [-0.2, -0.15) is 0 Å². The molecule has 0 heterocycles. The Morgan fingerprint density at radius 3 is 1.03 bits per heavy atom. The molecule has 0 saturated carbocycles. The molecule has 0 aromatic rings. The highest BCUT2D eigenvalue weighted by atomic mass is 28.4. The van der Waals surface area contributed by atoms with Gasteiger partial charge in [0.2, 0.25) is 0 Å². The van der Waals surface area contributed by atoms with Crippen molar-refractivity contribution >= 4 is 45.1 Å². The maximum absolute atomic E-state index is 13.5. The van der Waals surface area contributed by atoms with Crippen LogP contribution in [0.5, 0.6) is 0 Å². The normalized spacial score (nSPS) is 16.4. The Bertz CT molecular complexity index is 677. The summed E-state index contributed by atoms with van der Waals surface area (Å²) in [4.78, 5) is 27.0. The van der Waals surface area contributed by atoms with E-state index >= 15 is 0 Å². The van der Waals surface area contributed by atoms with Crippen LogP contribution in [0.15, 0.2) is 25.3 Å². The van der Waals surface area contributed by atoms with Crippen molar-refractivity contribution in [3.05, 3.63) is 25.3 Å². The smallest absolute Gasteiger partial charge is 0.250 e. The minimum absolute atomic E-state index is 0.290. The number of hydrogen-bond acceptors (Lipinski definition) is 6. The van der Waals surface area contributed by atoms with Gasteiger partial charge in [-0.25, -0.2) is 0 Å². The first kappa shape index (κ1) is 35.1. The summed E-state index contributed by atoms with van der Waals surface area (Å²) in [6, 6.07) is 0. The maximum atomic E-state index is 13.5. The Morgan fingerprint density at radius 2 is 0.833 bits per heavy atom. The van der Waals surface area contributed by atoms with Gasteiger partial charge in [0.05, 0.1) is 0 Å². The van der Waals surface area contributed by atoms with Gasteiger partial charge in [-0.15, -0.1) is 13.2 Å². The molecule has 0 rings (SSSR count). The molecule has 210 valence electrons. The predicted molar refractivity (Wildman–Crippen MR) is 159 cm³/mol. The molecule has 0 aromatic heterocycles. The fourth-order valence-electron chi connectivity index (χ4n) is 3.27. The van der Waals surface area contributed by atoms with E-state index in [0.717, 1.165) is 0 Å². The Hall–Kier alpha value is -0.872. The van der Waals surface area contributed by atoms with Gasteiger partial charge >= 0.3 is 0 Å². The van der Waals surface area contributed by atoms with Crippen LogP contribution in [0.4, 0.5) is 0 Å². The van der Waals surface area contributed by atoms with E-state index in [-0.39, 0.29) is 24.9 Å². The van der Waals surface area contributed by atoms with E-state index in [4.69, 9.17) is 17.7 Å². The van der Waals surface area contributed by atoms with Gasteiger partial charge in [0.25, 0.3) is 11.8 Å². The van der Waals surface area contributed by atoms with Crippen LogP contribution in [-0.2, 0) is 27.3 Å². The lowest BCUT2D eigenvalue weighted by Gasteiger charge is -2.44. The summed E-state index contributed by atoms with van der Waals surface area (Å²) in [5.41, 5.74) is 0. The van der Waals surface area contributed by atoms with Crippen molar-refractivity contribution in [2.45, 2.75) is 103 Å². The fraction of sp³-hybridized carbons (Fsp3) is 0.750. The van der Waals surface area contributed by atoms with E-state index in [1.165, 1.54) is 0 Å². The van der Waals surface area contributed by atoms with Gasteiger partial charge in [-0.3, -0.25) is 9.59 Å².